The van der Waals surface area contributed by atoms with Crippen LogP contribution >= 0.6 is 0 Å². The Kier molecular flexibility index (Phi) is 4.01. The molecule has 3 rings (SSSR count). The zero-order valence-corrected chi connectivity index (χ0v) is 11.6. The van der Waals surface area contributed by atoms with Gasteiger partial charge >= 0.3 is 0 Å². The van der Waals surface area contributed by atoms with Crippen LogP contribution in [0.15, 0.2) is 78.4 Å². The van der Waals surface area contributed by atoms with Crippen LogP contribution in [0.25, 0.3) is 0 Å². The minimum atomic E-state index is -0.241. The number of nitrogens with one attached hydrogen (secondary N) is 1. The van der Waals surface area contributed by atoms with Crippen molar-refractivity contribution in [3.63, 3.8) is 0 Å². The van der Waals surface area contributed by atoms with Gasteiger partial charge < -0.3 is 0 Å². The Morgan fingerprint density at radius 1 is 1.00 bits per heavy atom. The van der Waals surface area contributed by atoms with Gasteiger partial charge in [-0.1, -0.05) is 48.5 Å². The second-order valence-electron chi connectivity index (χ2n) is 4.45. The number of hydrazone groups is 1. The third-order valence-electron chi connectivity index (χ3n) is 2.94. The molecular weight excluding hydrogens is 278 g/mol. The van der Waals surface area contributed by atoms with Gasteiger partial charge in [0.15, 0.2) is 0 Å². The normalized spacial score (nSPS) is 11.2. The molecule has 0 aliphatic rings. The first-order valence-corrected chi connectivity index (χ1v) is 6.68. The first-order valence-electron chi connectivity index (χ1n) is 6.68. The highest BCUT2D eigenvalue weighted by molar-refractivity contribution is 6.45. The number of carbonyl (C=O) groups is 1. The molecule has 0 fully saturated rings. The molecule has 22 heavy (non-hydrogen) atoms. The Balaban J connectivity index is 1.93. The molecule has 0 saturated carbocycles. The number of aromatic nitrogens is 3. The Bertz CT molecular complexity index is 767. The lowest BCUT2D eigenvalue weighted by atomic mass is 10.1. The highest BCUT2D eigenvalue weighted by Crippen LogP contribution is 2.07. The smallest absolute Gasteiger partial charge is 0.232 e. The third-order valence-corrected chi connectivity index (χ3v) is 2.94. The Morgan fingerprint density at radius 2 is 1.68 bits per heavy atom. The quantitative estimate of drug-likeness (QED) is 0.347. The summed E-state index contributed by atoms with van der Waals surface area (Å²) in [5.74, 6) is -0.0953. The zero-order chi connectivity index (χ0) is 15.2. The number of para-hydroxylation sites is 1. The summed E-state index contributed by atoms with van der Waals surface area (Å²) in [4.78, 5) is 16.5. The second-order valence-corrected chi connectivity index (χ2v) is 4.45. The van der Waals surface area contributed by atoms with Crippen LogP contribution in [0.5, 0.6) is 0 Å². The summed E-state index contributed by atoms with van der Waals surface area (Å²) in [6, 6.07) is 18.3. The van der Waals surface area contributed by atoms with E-state index in [9.17, 15) is 4.79 Å². The largest absolute Gasteiger partial charge is 0.285 e. The molecule has 3 aromatic rings. The van der Waals surface area contributed by atoms with Gasteiger partial charge in [0.05, 0.1) is 5.69 Å². The monoisotopic (exact) mass is 291 g/mol. The van der Waals surface area contributed by atoms with Crippen LogP contribution in [-0.2, 0) is 0 Å². The van der Waals surface area contributed by atoms with Crippen molar-refractivity contribution in [1.29, 1.82) is 0 Å². The van der Waals surface area contributed by atoms with E-state index in [1.54, 1.807) is 24.3 Å². The van der Waals surface area contributed by atoms with Gasteiger partial charge in [-0.05, 0) is 12.1 Å². The average molecular weight is 291 g/mol. The lowest BCUT2D eigenvalue weighted by Crippen LogP contribution is -2.25. The molecule has 6 nitrogen and oxygen atoms in total. The van der Waals surface area contributed by atoms with Crippen molar-refractivity contribution < 1.29 is 4.79 Å². The van der Waals surface area contributed by atoms with Gasteiger partial charge in [-0.2, -0.15) is 14.9 Å². The number of nitrogens with zero attached hydrogens (tertiary/aromatic N) is 4. The number of hydrogen-bond donors (Lipinski definition) is 1. The number of Topliss-reactive ketones (excluding diaryl/α,β-unsaturated/α-hetero) is 1. The van der Waals surface area contributed by atoms with Gasteiger partial charge in [0.2, 0.25) is 11.6 Å². The maximum atomic E-state index is 12.6. The Hall–Kier alpha value is -3.28. The summed E-state index contributed by atoms with van der Waals surface area (Å²) < 4.78 is 1.34. The molecular formula is C16H13N5O. The molecule has 0 aliphatic heterocycles. The molecule has 0 atom stereocenters. The van der Waals surface area contributed by atoms with Crippen LogP contribution < -0.4 is 5.43 Å². The molecule has 108 valence electrons. The van der Waals surface area contributed by atoms with E-state index in [1.807, 2.05) is 36.4 Å². The van der Waals surface area contributed by atoms with Crippen LogP contribution in [-0.4, -0.2) is 26.4 Å². The standard InChI is InChI=1S/C16H13N5O/c22-15(13-7-3-1-4-8-13)16(21-12-17-11-18-21)20-19-14-9-5-2-6-10-14/h1-12,19H/b20-16+. The van der Waals surface area contributed by atoms with E-state index < -0.39 is 0 Å². The first kappa shape index (κ1) is 13.7. The van der Waals surface area contributed by atoms with Gasteiger partial charge in [0.1, 0.15) is 12.7 Å². The van der Waals surface area contributed by atoms with E-state index in [4.69, 9.17) is 0 Å². The minimum absolute atomic E-state index is 0.146. The highest BCUT2D eigenvalue weighted by atomic mass is 16.1. The van der Waals surface area contributed by atoms with E-state index in [0.29, 0.717) is 5.56 Å². The molecule has 0 amide bonds. The molecule has 1 aromatic heterocycles. The van der Waals surface area contributed by atoms with Crippen molar-refractivity contribution in [1.82, 2.24) is 14.8 Å². The van der Waals surface area contributed by atoms with Crippen molar-refractivity contribution in [2.45, 2.75) is 0 Å². The van der Waals surface area contributed by atoms with Gasteiger partial charge in [0, 0.05) is 5.56 Å². The molecule has 0 radical (unpaired) electrons. The fourth-order valence-electron chi connectivity index (χ4n) is 1.87. The molecule has 6 heteroatoms. The van der Waals surface area contributed by atoms with E-state index >= 15 is 0 Å². The summed E-state index contributed by atoms with van der Waals surface area (Å²) in [5.41, 5.74) is 4.17. The predicted molar refractivity (Wildman–Crippen MR) is 83.7 cm³/mol. The summed E-state index contributed by atoms with van der Waals surface area (Å²) in [6.45, 7) is 0. The number of ketones is 1. The lowest BCUT2D eigenvalue weighted by Gasteiger charge is -2.06. The molecule has 1 N–H and O–H groups in total. The van der Waals surface area contributed by atoms with E-state index in [-0.39, 0.29) is 11.6 Å². The molecule has 0 unspecified atom stereocenters. The summed E-state index contributed by atoms with van der Waals surface area (Å²) >= 11 is 0. The summed E-state index contributed by atoms with van der Waals surface area (Å²) in [5, 5.41) is 8.18. The Labute approximate surface area is 127 Å². The zero-order valence-electron chi connectivity index (χ0n) is 11.6. The minimum Gasteiger partial charge on any atom is -0.285 e. The average Bonchev–Trinajstić information content (AvgIpc) is 3.11. The van der Waals surface area contributed by atoms with E-state index in [0.717, 1.165) is 5.69 Å². The van der Waals surface area contributed by atoms with Crippen LogP contribution in [0.1, 0.15) is 10.4 Å². The summed E-state index contributed by atoms with van der Waals surface area (Å²) in [6.07, 6.45) is 2.79. The number of benzene rings is 2. The predicted octanol–water partition coefficient (Wildman–Crippen LogP) is 2.43. The van der Waals surface area contributed by atoms with Crippen molar-refractivity contribution in [3.05, 3.63) is 78.9 Å². The number of carbonyl (C=O) groups excluding carboxylic acids is 1. The fraction of sp³-hybridized carbons (Fsp3) is 0. The molecule has 0 aliphatic carbocycles. The molecule has 0 bridgehead atoms. The maximum Gasteiger partial charge on any atom is 0.232 e. The topological polar surface area (TPSA) is 72.2 Å². The van der Waals surface area contributed by atoms with Crippen molar-refractivity contribution in [3.8, 4) is 0 Å². The number of hydrogen-bond acceptors (Lipinski definition) is 5. The molecule has 2 aromatic carbocycles. The molecule has 0 spiro atoms. The lowest BCUT2D eigenvalue weighted by molar-refractivity contribution is 0.106. The fourth-order valence-corrected chi connectivity index (χ4v) is 1.87. The SMILES string of the molecule is O=C(/C(=N\Nc1ccccc1)n1cncn1)c1ccccc1. The Morgan fingerprint density at radius 3 is 2.32 bits per heavy atom. The van der Waals surface area contributed by atoms with Crippen LogP contribution in [0.2, 0.25) is 0 Å². The van der Waals surface area contributed by atoms with E-state index in [2.05, 4.69) is 20.6 Å². The summed E-state index contributed by atoms with van der Waals surface area (Å²) in [7, 11) is 0. The number of anilines is 1. The van der Waals surface area contributed by atoms with Crippen molar-refractivity contribution >= 4 is 17.3 Å². The van der Waals surface area contributed by atoms with Crippen molar-refractivity contribution in [2.24, 2.45) is 5.10 Å². The molecule has 1 heterocycles. The van der Waals surface area contributed by atoms with Gasteiger partial charge in [0.25, 0.3) is 0 Å². The maximum absolute atomic E-state index is 12.6. The van der Waals surface area contributed by atoms with Crippen LogP contribution in [0.4, 0.5) is 5.69 Å². The first-order chi connectivity index (χ1) is 10.8. The van der Waals surface area contributed by atoms with Crippen LogP contribution in [0, 0.1) is 0 Å². The van der Waals surface area contributed by atoms with E-state index in [1.165, 1.54) is 17.3 Å². The molecule has 0 saturated heterocycles. The number of rotatable bonds is 4. The van der Waals surface area contributed by atoms with Gasteiger partial charge in [-0.25, -0.2) is 4.98 Å². The van der Waals surface area contributed by atoms with Gasteiger partial charge in [-0.15, -0.1) is 0 Å². The second kappa shape index (κ2) is 6.45. The third kappa shape index (κ3) is 3.06. The van der Waals surface area contributed by atoms with Crippen LogP contribution in [0.3, 0.4) is 0 Å². The highest BCUT2D eigenvalue weighted by Gasteiger charge is 2.17. The van der Waals surface area contributed by atoms with Crippen molar-refractivity contribution in [2.75, 3.05) is 5.43 Å². The van der Waals surface area contributed by atoms with Gasteiger partial charge in [-0.3, -0.25) is 10.2 Å².